The number of allylic oxidation sites excluding steroid dienone is 1. The number of hydrogen-bond acceptors (Lipinski definition) is 3. The molecule has 0 unspecified atom stereocenters. The van der Waals surface area contributed by atoms with Crippen molar-refractivity contribution in [2.24, 2.45) is 4.99 Å². The van der Waals surface area contributed by atoms with Crippen molar-refractivity contribution in [2.75, 3.05) is 5.32 Å². The molecule has 0 amide bonds. The minimum absolute atomic E-state index is 0.713. The zero-order valence-corrected chi connectivity index (χ0v) is 11.4. The Labute approximate surface area is 109 Å². The van der Waals surface area contributed by atoms with E-state index in [1.807, 2.05) is 26.0 Å². The van der Waals surface area contributed by atoms with Crippen LogP contribution >= 0.6 is 12.6 Å². The topological polar surface area (TPSA) is 24.4 Å². The fourth-order valence-corrected chi connectivity index (χ4v) is 1.37. The Hall–Kier alpha value is -1.48. The molecule has 0 atom stereocenters. The first kappa shape index (κ1) is 13.6. The molecule has 0 aliphatic rings. The molecular formula is C14H18N2S. The molecule has 0 heterocycles. The van der Waals surface area contributed by atoms with Gasteiger partial charge in [-0.3, -0.25) is 0 Å². The lowest BCUT2D eigenvalue weighted by atomic mass is 10.2. The van der Waals surface area contributed by atoms with Crippen LogP contribution in [-0.4, -0.2) is 6.21 Å². The Morgan fingerprint density at radius 3 is 2.41 bits per heavy atom. The lowest BCUT2D eigenvalue weighted by molar-refractivity contribution is 1.23. The van der Waals surface area contributed by atoms with Crippen LogP contribution in [0.4, 0.5) is 5.69 Å². The van der Waals surface area contributed by atoms with E-state index in [9.17, 15) is 0 Å². The first-order valence-corrected chi connectivity index (χ1v) is 5.90. The Bertz CT molecular complexity index is 456. The van der Waals surface area contributed by atoms with Gasteiger partial charge in [0.15, 0.2) is 0 Å². The average Bonchev–Trinajstić information content (AvgIpc) is 2.30. The van der Waals surface area contributed by atoms with Gasteiger partial charge in [-0.1, -0.05) is 24.3 Å². The van der Waals surface area contributed by atoms with E-state index < -0.39 is 0 Å². The quantitative estimate of drug-likeness (QED) is 0.465. The molecule has 2 nitrogen and oxygen atoms in total. The van der Waals surface area contributed by atoms with Crippen LogP contribution in [0.15, 0.2) is 52.1 Å². The summed E-state index contributed by atoms with van der Waals surface area (Å²) in [6.45, 7) is 9.69. The van der Waals surface area contributed by atoms with E-state index in [1.54, 1.807) is 6.21 Å². The number of anilines is 1. The maximum atomic E-state index is 4.30. The number of aliphatic imine (C=N–C) groups is 1. The van der Waals surface area contributed by atoms with Crippen molar-refractivity contribution in [3.8, 4) is 0 Å². The number of nitrogens with zero attached hydrogens (tertiary/aromatic N) is 1. The van der Waals surface area contributed by atoms with Crippen LogP contribution < -0.4 is 5.32 Å². The summed E-state index contributed by atoms with van der Waals surface area (Å²) >= 11 is 4.24. The van der Waals surface area contributed by atoms with Crippen molar-refractivity contribution in [3.63, 3.8) is 0 Å². The second-order valence-electron chi connectivity index (χ2n) is 3.80. The maximum absolute atomic E-state index is 4.30. The fourth-order valence-electron chi connectivity index (χ4n) is 1.26. The molecule has 17 heavy (non-hydrogen) atoms. The molecule has 90 valence electrons. The van der Waals surface area contributed by atoms with Gasteiger partial charge < -0.3 is 5.32 Å². The zero-order chi connectivity index (χ0) is 12.8. The molecule has 0 aliphatic heterocycles. The fraction of sp³-hybridized carbons (Fsp3) is 0.214. The highest BCUT2D eigenvalue weighted by atomic mass is 32.1. The zero-order valence-electron chi connectivity index (χ0n) is 10.5. The van der Waals surface area contributed by atoms with Gasteiger partial charge >= 0.3 is 0 Å². The lowest BCUT2D eigenvalue weighted by Crippen LogP contribution is -2.00. The number of rotatable bonds is 4. The average molecular weight is 246 g/mol. The minimum Gasteiger partial charge on any atom is -0.340 e. The Kier molecular flexibility index (Phi) is 5.04. The second kappa shape index (κ2) is 6.30. The third-order valence-corrected chi connectivity index (χ3v) is 2.70. The van der Waals surface area contributed by atoms with Crippen LogP contribution in [-0.2, 0) is 0 Å². The lowest BCUT2D eigenvalue weighted by Gasteiger charge is -2.10. The summed E-state index contributed by atoms with van der Waals surface area (Å²) in [5, 5.41) is 3.26. The number of hydrogen-bond donors (Lipinski definition) is 2. The van der Waals surface area contributed by atoms with Crippen LogP contribution in [0.25, 0.3) is 0 Å². The van der Waals surface area contributed by atoms with Crippen molar-refractivity contribution in [1.82, 2.24) is 0 Å². The smallest absolute Gasteiger partial charge is 0.133 e. The van der Waals surface area contributed by atoms with Gasteiger partial charge in [0.05, 0.1) is 0 Å². The molecule has 1 rings (SSSR count). The van der Waals surface area contributed by atoms with Crippen molar-refractivity contribution in [2.45, 2.75) is 20.8 Å². The van der Waals surface area contributed by atoms with Crippen LogP contribution in [0.2, 0.25) is 0 Å². The van der Waals surface area contributed by atoms with Crippen molar-refractivity contribution in [1.29, 1.82) is 0 Å². The molecular weight excluding hydrogens is 228 g/mol. The Balaban J connectivity index is 2.99. The van der Waals surface area contributed by atoms with Crippen molar-refractivity contribution >= 4 is 24.5 Å². The molecule has 0 fully saturated rings. The van der Waals surface area contributed by atoms with E-state index in [0.29, 0.717) is 4.91 Å². The molecule has 0 spiro atoms. The second-order valence-corrected chi connectivity index (χ2v) is 4.34. The number of nitrogens with one attached hydrogen (secondary N) is 1. The summed E-state index contributed by atoms with van der Waals surface area (Å²) in [6.07, 6.45) is 1.75. The van der Waals surface area contributed by atoms with Gasteiger partial charge in [0.1, 0.15) is 5.82 Å². The molecule has 3 heteroatoms. The molecule has 0 bridgehead atoms. The molecule has 0 radical (unpaired) electrons. The van der Waals surface area contributed by atoms with Crippen LogP contribution in [0.5, 0.6) is 0 Å². The van der Waals surface area contributed by atoms with Crippen molar-refractivity contribution < 1.29 is 0 Å². The van der Waals surface area contributed by atoms with E-state index in [2.05, 4.69) is 48.6 Å². The van der Waals surface area contributed by atoms with Crippen LogP contribution in [0.1, 0.15) is 19.4 Å². The number of benzene rings is 1. The number of aryl methyl sites for hydroxylation is 1. The predicted octanol–water partition coefficient (Wildman–Crippen LogP) is 4.17. The molecule has 1 N–H and O–H groups in total. The van der Waals surface area contributed by atoms with E-state index in [-0.39, 0.29) is 0 Å². The van der Waals surface area contributed by atoms with Gasteiger partial charge in [-0.05, 0) is 32.9 Å². The normalized spacial score (nSPS) is 12.5. The molecule has 1 aromatic rings. The summed E-state index contributed by atoms with van der Waals surface area (Å²) in [7, 11) is 0. The molecule has 0 saturated carbocycles. The van der Waals surface area contributed by atoms with Gasteiger partial charge in [0.25, 0.3) is 0 Å². The summed E-state index contributed by atoms with van der Waals surface area (Å²) < 4.78 is 0. The maximum Gasteiger partial charge on any atom is 0.133 e. The van der Waals surface area contributed by atoms with Crippen molar-refractivity contribution in [3.05, 3.63) is 52.7 Å². The van der Waals surface area contributed by atoms with Gasteiger partial charge in [0.2, 0.25) is 0 Å². The Morgan fingerprint density at radius 2 is 1.94 bits per heavy atom. The highest BCUT2D eigenvalue weighted by Gasteiger charge is 2.02. The first-order chi connectivity index (χ1) is 8.04. The van der Waals surface area contributed by atoms with Gasteiger partial charge in [0, 0.05) is 22.4 Å². The largest absolute Gasteiger partial charge is 0.340 e. The molecule has 0 aromatic heterocycles. The highest BCUT2D eigenvalue weighted by Crippen LogP contribution is 2.19. The van der Waals surface area contributed by atoms with E-state index in [1.165, 1.54) is 5.56 Å². The highest BCUT2D eigenvalue weighted by molar-refractivity contribution is 7.84. The summed E-state index contributed by atoms with van der Waals surface area (Å²) in [5.41, 5.74) is 3.17. The summed E-state index contributed by atoms with van der Waals surface area (Å²) in [5.74, 6) is 0.774. The third-order valence-electron chi connectivity index (χ3n) is 2.36. The van der Waals surface area contributed by atoms with Crippen LogP contribution in [0, 0.1) is 6.92 Å². The summed E-state index contributed by atoms with van der Waals surface area (Å²) in [6, 6.07) is 8.16. The van der Waals surface area contributed by atoms with E-state index in [4.69, 9.17) is 0 Å². The monoisotopic (exact) mass is 246 g/mol. The predicted molar refractivity (Wildman–Crippen MR) is 79.8 cm³/mol. The standard InChI is InChI=1S/C14H18N2S/c1-5-15-14(11(3)12(4)17)16-13-8-6-10(2)7-9-13/h5-9,16-17H,4H2,1-3H3/b14-11+,15-5?. The molecule has 0 aliphatic carbocycles. The first-order valence-electron chi connectivity index (χ1n) is 5.46. The van der Waals surface area contributed by atoms with Gasteiger partial charge in [-0.25, -0.2) is 4.99 Å². The SMILES string of the molecule is C=C(S)/C(C)=C(\N=CC)Nc1ccc(C)cc1. The third kappa shape index (κ3) is 4.11. The summed E-state index contributed by atoms with van der Waals surface area (Å²) in [4.78, 5) is 5.01. The Morgan fingerprint density at radius 1 is 1.35 bits per heavy atom. The molecule has 1 aromatic carbocycles. The van der Waals surface area contributed by atoms with Gasteiger partial charge in [-0.15, -0.1) is 12.6 Å². The van der Waals surface area contributed by atoms with E-state index >= 15 is 0 Å². The molecule has 0 saturated heterocycles. The number of thiol groups is 1. The van der Waals surface area contributed by atoms with E-state index in [0.717, 1.165) is 17.1 Å². The van der Waals surface area contributed by atoms with Crippen LogP contribution in [0.3, 0.4) is 0 Å². The van der Waals surface area contributed by atoms with Gasteiger partial charge in [-0.2, -0.15) is 0 Å². The minimum atomic E-state index is 0.713.